The van der Waals surface area contributed by atoms with Crippen molar-refractivity contribution in [3.8, 4) is 0 Å². The summed E-state index contributed by atoms with van der Waals surface area (Å²) in [6.07, 6.45) is 4.25. The van der Waals surface area contributed by atoms with Crippen LogP contribution in [0.2, 0.25) is 10.0 Å². The standard InChI is InChI=1S/C16H15Cl2N3O3/c1-3-24-16(23)11-9-19-21(2)15(11)20-14(22)7-5-10-4-6-12(17)13(18)8-10/h4-9H,3H2,1-2H3,(H,20,22)/b7-5+. The Bertz CT molecular complexity index is 800. The molecule has 0 aliphatic rings. The number of carbonyl (C=O) groups excluding carboxylic acids is 2. The van der Waals surface area contributed by atoms with Gasteiger partial charge in [0.2, 0.25) is 5.91 Å². The van der Waals surface area contributed by atoms with Gasteiger partial charge in [0.05, 0.1) is 22.8 Å². The highest BCUT2D eigenvalue weighted by Gasteiger charge is 2.18. The third-order valence-corrected chi connectivity index (χ3v) is 3.79. The van der Waals surface area contributed by atoms with E-state index < -0.39 is 11.9 Å². The van der Waals surface area contributed by atoms with E-state index in [4.69, 9.17) is 27.9 Å². The Labute approximate surface area is 149 Å². The van der Waals surface area contributed by atoms with Crippen molar-refractivity contribution in [1.29, 1.82) is 0 Å². The minimum absolute atomic E-state index is 0.190. The van der Waals surface area contributed by atoms with Crippen molar-refractivity contribution in [2.45, 2.75) is 6.92 Å². The molecule has 6 nitrogen and oxygen atoms in total. The lowest BCUT2D eigenvalue weighted by atomic mass is 10.2. The van der Waals surface area contributed by atoms with Crippen LogP contribution in [-0.4, -0.2) is 28.3 Å². The summed E-state index contributed by atoms with van der Waals surface area (Å²) >= 11 is 11.8. The van der Waals surface area contributed by atoms with E-state index in [0.717, 1.165) is 5.56 Å². The number of hydrogen-bond acceptors (Lipinski definition) is 4. The predicted molar refractivity (Wildman–Crippen MR) is 93.3 cm³/mol. The van der Waals surface area contributed by atoms with Crippen LogP contribution in [0.15, 0.2) is 30.5 Å². The van der Waals surface area contributed by atoms with Gasteiger partial charge in [-0.3, -0.25) is 9.48 Å². The van der Waals surface area contributed by atoms with Gasteiger partial charge >= 0.3 is 5.97 Å². The van der Waals surface area contributed by atoms with E-state index in [-0.39, 0.29) is 18.0 Å². The lowest BCUT2D eigenvalue weighted by Gasteiger charge is -2.06. The number of rotatable bonds is 5. The maximum absolute atomic E-state index is 12.1. The number of aromatic nitrogens is 2. The molecule has 0 unspecified atom stereocenters. The van der Waals surface area contributed by atoms with Crippen LogP contribution in [0, 0.1) is 0 Å². The summed E-state index contributed by atoms with van der Waals surface area (Å²) in [5, 5.41) is 7.40. The van der Waals surface area contributed by atoms with Gasteiger partial charge in [-0.05, 0) is 30.7 Å². The molecule has 8 heteroatoms. The van der Waals surface area contributed by atoms with E-state index in [2.05, 4.69) is 10.4 Å². The van der Waals surface area contributed by atoms with Gasteiger partial charge in [-0.15, -0.1) is 0 Å². The zero-order valence-corrected chi connectivity index (χ0v) is 14.6. The van der Waals surface area contributed by atoms with E-state index in [0.29, 0.717) is 10.0 Å². The number of aryl methyl sites for hydroxylation is 1. The Morgan fingerprint density at radius 1 is 1.33 bits per heavy atom. The Hall–Kier alpha value is -2.31. The molecular formula is C16H15Cl2N3O3. The molecule has 2 aromatic rings. The summed E-state index contributed by atoms with van der Waals surface area (Å²) in [7, 11) is 1.61. The van der Waals surface area contributed by atoms with Crippen molar-refractivity contribution in [2.75, 3.05) is 11.9 Å². The molecule has 0 radical (unpaired) electrons. The number of carbonyl (C=O) groups is 2. The zero-order valence-electron chi connectivity index (χ0n) is 13.0. The highest BCUT2D eigenvalue weighted by molar-refractivity contribution is 6.42. The van der Waals surface area contributed by atoms with Crippen LogP contribution in [0.4, 0.5) is 5.82 Å². The third-order valence-electron chi connectivity index (χ3n) is 3.05. The van der Waals surface area contributed by atoms with Gasteiger partial charge in [-0.25, -0.2) is 4.79 Å². The van der Waals surface area contributed by atoms with Crippen molar-refractivity contribution < 1.29 is 14.3 Å². The van der Waals surface area contributed by atoms with Gasteiger partial charge < -0.3 is 10.1 Å². The van der Waals surface area contributed by atoms with Crippen molar-refractivity contribution in [2.24, 2.45) is 7.05 Å². The summed E-state index contributed by atoms with van der Waals surface area (Å²) in [5.41, 5.74) is 0.908. The zero-order chi connectivity index (χ0) is 17.7. The van der Waals surface area contributed by atoms with E-state index in [9.17, 15) is 9.59 Å². The summed E-state index contributed by atoms with van der Waals surface area (Å²) in [4.78, 5) is 23.9. The van der Waals surface area contributed by atoms with Crippen molar-refractivity contribution in [3.63, 3.8) is 0 Å². The maximum atomic E-state index is 12.1. The first-order valence-electron chi connectivity index (χ1n) is 7.05. The van der Waals surface area contributed by atoms with Crippen LogP contribution in [0.1, 0.15) is 22.8 Å². The minimum Gasteiger partial charge on any atom is -0.462 e. The molecule has 24 heavy (non-hydrogen) atoms. The van der Waals surface area contributed by atoms with E-state index in [1.165, 1.54) is 17.0 Å². The molecule has 0 atom stereocenters. The number of halogens is 2. The molecule has 0 aliphatic heterocycles. The second kappa shape index (κ2) is 7.99. The van der Waals surface area contributed by atoms with Crippen LogP contribution >= 0.6 is 23.2 Å². The molecule has 1 aromatic carbocycles. The number of benzene rings is 1. The van der Waals surface area contributed by atoms with Crippen LogP contribution in [0.3, 0.4) is 0 Å². The molecule has 1 N–H and O–H groups in total. The Balaban J connectivity index is 2.12. The number of amides is 1. The minimum atomic E-state index is -0.547. The smallest absolute Gasteiger partial charge is 0.343 e. The molecule has 2 rings (SSSR count). The van der Waals surface area contributed by atoms with E-state index in [1.807, 2.05) is 0 Å². The lowest BCUT2D eigenvalue weighted by molar-refractivity contribution is -0.111. The number of anilines is 1. The van der Waals surface area contributed by atoms with Crippen LogP contribution < -0.4 is 5.32 Å². The van der Waals surface area contributed by atoms with E-state index >= 15 is 0 Å². The molecule has 0 saturated carbocycles. The number of nitrogens with zero attached hydrogens (tertiary/aromatic N) is 2. The highest BCUT2D eigenvalue weighted by Crippen LogP contribution is 2.23. The number of nitrogens with one attached hydrogen (secondary N) is 1. The van der Waals surface area contributed by atoms with Crippen LogP contribution in [-0.2, 0) is 16.6 Å². The highest BCUT2D eigenvalue weighted by atomic mass is 35.5. The number of hydrogen-bond donors (Lipinski definition) is 1. The summed E-state index contributed by atoms with van der Waals surface area (Å²) in [6.45, 7) is 1.94. The summed E-state index contributed by atoms with van der Waals surface area (Å²) < 4.78 is 6.31. The Morgan fingerprint density at radius 3 is 2.75 bits per heavy atom. The fourth-order valence-corrected chi connectivity index (χ4v) is 2.20. The van der Waals surface area contributed by atoms with Gasteiger partial charge in [0, 0.05) is 13.1 Å². The molecule has 0 spiro atoms. The summed E-state index contributed by atoms with van der Waals surface area (Å²) in [5.74, 6) is -0.707. The molecule has 126 valence electrons. The molecule has 0 fully saturated rings. The molecule has 1 aromatic heterocycles. The molecule has 0 bridgehead atoms. The molecule has 1 heterocycles. The van der Waals surface area contributed by atoms with Gasteiger partial charge in [0.15, 0.2) is 0 Å². The van der Waals surface area contributed by atoms with Gasteiger partial charge in [0.1, 0.15) is 11.4 Å². The second-order valence-electron chi connectivity index (χ2n) is 4.75. The average Bonchev–Trinajstić information content (AvgIpc) is 2.90. The lowest BCUT2D eigenvalue weighted by Crippen LogP contribution is -2.15. The van der Waals surface area contributed by atoms with Crippen molar-refractivity contribution in [1.82, 2.24) is 9.78 Å². The fourth-order valence-electron chi connectivity index (χ4n) is 1.89. The van der Waals surface area contributed by atoms with Gasteiger partial charge in [-0.2, -0.15) is 5.10 Å². The second-order valence-corrected chi connectivity index (χ2v) is 5.56. The molecule has 0 saturated heterocycles. The van der Waals surface area contributed by atoms with Gasteiger partial charge in [-0.1, -0.05) is 29.3 Å². The fraction of sp³-hybridized carbons (Fsp3) is 0.188. The predicted octanol–water partition coefficient (Wildman–Crippen LogP) is 3.56. The molecule has 0 aliphatic carbocycles. The normalized spacial score (nSPS) is 10.8. The van der Waals surface area contributed by atoms with E-state index in [1.54, 1.807) is 38.2 Å². The first-order chi connectivity index (χ1) is 11.4. The topological polar surface area (TPSA) is 73.2 Å². The molecule has 1 amide bonds. The van der Waals surface area contributed by atoms with Crippen LogP contribution in [0.25, 0.3) is 6.08 Å². The first kappa shape index (κ1) is 18.0. The van der Waals surface area contributed by atoms with Crippen LogP contribution in [0.5, 0.6) is 0 Å². The number of ether oxygens (including phenoxy) is 1. The van der Waals surface area contributed by atoms with Gasteiger partial charge in [0.25, 0.3) is 0 Å². The quantitative estimate of drug-likeness (QED) is 0.647. The first-order valence-corrected chi connectivity index (χ1v) is 7.81. The number of esters is 1. The maximum Gasteiger partial charge on any atom is 0.343 e. The third kappa shape index (κ3) is 4.37. The Morgan fingerprint density at radius 2 is 2.08 bits per heavy atom. The van der Waals surface area contributed by atoms with Crippen molar-refractivity contribution >= 4 is 47.0 Å². The summed E-state index contributed by atoms with van der Waals surface area (Å²) in [6, 6.07) is 5.01. The monoisotopic (exact) mass is 367 g/mol. The average molecular weight is 368 g/mol. The Kier molecular flexibility index (Phi) is 6.00. The SMILES string of the molecule is CCOC(=O)c1cnn(C)c1NC(=O)/C=C/c1ccc(Cl)c(Cl)c1. The van der Waals surface area contributed by atoms with Crippen molar-refractivity contribution in [3.05, 3.63) is 51.6 Å². The molecular weight excluding hydrogens is 353 g/mol. The largest absolute Gasteiger partial charge is 0.462 e.